The first-order valence-corrected chi connectivity index (χ1v) is 7.29. The van der Waals surface area contributed by atoms with Crippen LogP contribution in [0.25, 0.3) is 11.0 Å². The molecular formula is C17H21N3O. The highest BCUT2D eigenvalue weighted by molar-refractivity contribution is 5.77. The summed E-state index contributed by atoms with van der Waals surface area (Å²) in [5, 5.41) is 5.56. The van der Waals surface area contributed by atoms with Gasteiger partial charge in [-0.15, -0.1) is 0 Å². The van der Waals surface area contributed by atoms with Crippen molar-refractivity contribution in [3.63, 3.8) is 0 Å². The molecule has 0 aliphatic carbocycles. The molecule has 2 aromatic heterocycles. The van der Waals surface area contributed by atoms with Crippen LogP contribution in [0.4, 0.5) is 0 Å². The Labute approximate surface area is 124 Å². The minimum absolute atomic E-state index is 0.0867. The van der Waals surface area contributed by atoms with E-state index >= 15 is 0 Å². The molecule has 1 aromatic carbocycles. The number of nitrogens with zero attached hydrogens (tertiary/aromatic N) is 2. The number of aromatic nitrogens is 2. The standard InChI is InChI=1S/C17H21N3O/c1-11-14(12(2)20(3)19-11)8-9-15(18)17-10-13-6-4-5-7-16(13)21-17/h4-7,10,15H,8-9,18H2,1-3H3. The molecule has 110 valence electrons. The Kier molecular flexibility index (Phi) is 3.55. The molecule has 2 N–H and O–H groups in total. The highest BCUT2D eigenvalue weighted by Crippen LogP contribution is 2.26. The molecule has 0 aliphatic rings. The largest absolute Gasteiger partial charge is 0.459 e. The van der Waals surface area contributed by atoms with Crippen molar-refractivity contribution in [3.05, 3.63) is 53.0 Å². The predicted molar refractivity (Wildman–Crippen MR) is 84.1 cm³/mol. The van der Waals surface area contributed by atoms with E-state index in [1.165, 1.54) is 11.3 Å². The van der Waals surface area contributed by atoms with Gasteiger partial charge in [0, 0.05) is 18.1 Å². The van der Waals surface area contributed by atoms with Crippen LogP contribution in [0.1, 0.15) is 35.2 Å². The maximum Gasteiger partial charge on any atom is 0.134 e. The Bertz CT molecular complexity index is 737. The fourth-order valence-electron chi connectivity index (χ4n) is 2.81. The lowest BCUT2D eigenvalue weighted by atomic mass is 10.0. The van der Waals surface area contributed by atoms with Crippen molar-refractivity contribution in [2.45, 2.75) is 32.7 Å². The van der Waals surface area contributed by atoms with Crippen molar-refractivity contribution < 1.29 is 4.42 Å². The maximum absolute atomic E-state index is 6.29. The molecule has 1 unspecified atom stereocenters. The van der Waals surface area contributed by atoms with Gasteiger partial charge in [0.05, 0.1) is 11.7 Å². The molecule has 4 nitrogen and oxygen atoms in total. The SMILES string of the molecule is Cc1nn(C)c(C)c1CCC(N)c1cc2ccccc2o1. The first-order chi connectivity index (χ1) is 10.1. The van der Waals surface area contributed by atoms with Crippen LogP contribution in [0.5, 0.6) is 0 Å². The zero-order valence-electron chi connectivity index (χ0n) is 12.8. The van der Waals surface area contributed by atoms with Crippen LogP contribution in [0.3, 0.4) is 0 Å². The minimum Gasteiger partial charge on any atom is -0.459 e. The van der Waals surface area contributed by atoms with Crippen LogP contribution in [0, 0.1) is 13.8 Å². The highest BCUT2D eigenvalue weighted by Gasteiger charge is 2.15. The highest BCUT2D eigenvalue weighted by atomic mass is 16.3. The average Bonchev–Trinajstić information content (AvgIpc) is 2.99. The smallest absolute Gasteiger partial charge is 0.134 e. The van der Waals surface area contributed by atoms with E-state index in [0.29, 0.717) is 0 Å². The molecule has 0 spiro atoms. The molecule has 2 heterocycles. The molecule has 1 atom stereocenters. The van der Waals surface area contributed by atoms with E-state index in [1.54, 1.807) is 0 Å². The second-order valence-electron chi connectivity index (χ2n) is 5.60. The van der Waals surface area contributed by atoms with Gasteiger partial charge < -0.3 is 10.2 Å². The van der Waals surface area contributed by atoms with Gasteiger partial charge in [-0.3, -0.25) is 4.68 Å². The van der Waals surface area contributed by atoms with Gasteiger partial charge in [-0.1, -0.05) is 18.2 Å². The van der Waals surface area contributed by atoms with Gasteiger partial charge in [0.25, 0.3) is 0 Å². The van der Waals surface area contributed by atoms with Crippen LogP contribution < -0.4 is 5.73 Å². The van der Waals surface area contributed by atoms with E-state index < -0.39 is 0 Å². The van der Waals surface area contributed by atoms with Crippen LogP contribution in [-0.4, -0.2) is 9.78 Å². The zero-order valence-corrected chi connectivity index (χ0v) is 12.8. The maximum atomic E-state index is 6.29. The Hall–Kier alpha value is -2.07. The van der Waals surface area contributed by atoms with Crippen LogP contribution in [0.15, 0.2) is 34.7 Å². The summed E-state index contributed by atoms with van der Waals surface area (Å²) >= 11 is 0. The fourth-order valence-corrected chi connectivity index (χ4v) is 2.81. The zero-order chi connectivity index (χ0) is 15.0. The summed E-state index contributed by atoms with van der Waals surface area (Å²) in [7, 11) is 1.98. The summed E-state index contributed by atoms with van der Waals surface area (Å²) in [4.78, 5) is 0. The third kappa shape index (κ3) is 2.59. The first kappa shape index (κ1) is 13.9. The van der Waals surface area contributed by atoms with Gasteiger partial charge in [0.2, 0.25) is 0 Å². The van der Waals surface area contributed by atoms with Gasteiger partial charge in [-0.25, -0.2) is 0 Å². The summed E-state index contributed by atoms with van der Waals surface area (Å²) in [5.41, 5.74) is 10.8. The van der Waals surface area contributed by atoms with Gasteiger partial charge in [0.15, 0.2) is 0 Å². The number of benzene rings is 1. The molecule has 0 saturated heterocycles. The fraction of sp³-hybridized carbons (Fsp3) is 0.353. The van der Waals surface area contributed by atoms with Crippen molar-refractivity contribution in [3.8, 4) is 0 Å². The predicted octanol–water partition coefficient (Wildman–Crippen LogP) is 3.42. The Morgan fingerprint density at radius 1 is 1.29 bits per heavy atom. The molecular weight excluding hydrogens is 262 g/mol. The topological polar surface area (TPSA) is 57.0 Å². The lowest BCUT2D eigenvalue weighted by Crippen LogP contribution is -2.10. The molecule has 0 aliphatic heterocycles. The van der Waals surface area contributed by atoms with E-state index in [-0.39, 0.29) is 6.04 Å². The van der Waals surface area contributed by atoms with Crippen molar-refractivity contribution in [1.82, 2.24) is 9.78 Å². The molecule has 3 rings (SSSR count). The number of para-hydroxylation sites is 1. The molecule has 0 radical (unpaired) electrons. The number of hydrogen-bond acceptors (Lipinski definition) is 3. The van der Waals surface area contributed by atoms with Gasteiger partial charge in [0.1, 0.15) is 11.3 Å². The summed E-state index contributed by atoms with van der Waals surface area (Å²) < 4.78 is 7.77. The Balaban J connectivity index is 1.75. The third-order valence-corrected chi connectivity index (χ3v) is 4.17. The third-order valence-electron chi connectivity index (χ3n) is 4.17. The number of rotatable bonds is 4. The number of furan rings is 1. The molecule has 3 aromatic rings. The van der Waals surface area contributed by atoms with Gasteiger partial charge >= 0.3 is 0 Å². The van der Waals surface area contributed by atoms with E-state index in [1.807, 2.05) is 42.1 Å². The number of nitrogens with two attached hydrogens (primary N) is 1. The summed E-state index contributed by atoms with van der Waals surface area (Å²) in [6.07, 6.45) is 1.77. The lowest BCUT2D eigenvalue weighted by Gasteiger charge is -2.08. The number of hydrogen-bond donors (Lipinski definition) is 1. The van der Waals surface area contributed by atoms with Crippen molar-refractivity contribution in [2.75, 3.05) is 0 Å². The van der Waals surface area contributed by atoms with Crippen molar-refractivity contribution in [1.29, 1.82) is 0 Å². The quantitative estimate of drug-likeness (QED) is 0.798. The van der Waals surface area contributed by atoms with Crippen LogP contribution in [0.2, 0.25) is 0 Å². The van der Waals surface area contributed by atoms with E-state index in [2.05, 4.69) is 18.9 Å². The molecule has 0 saturated carbocycles. The molecule has 0 bridgehead atoms. The Morgan fingerprint density at radius 2 is 2.05 bits per heavy atom. The summed E-state index contributed by atoms with van der Waals surface area (Å²) in [5.74, 6) is 0.857. The summed E-state index contributed by atoms with van der Waals surface area (Å²) in [6.45, 7) is 4.15. The first-order valence-electron chi connectivity index (χ1n) is 7.29. The Morgan fingerprint density at radius 3 is 2.71 bits per heavy atom. The second kappa shape index (κ2) is 5.37. The monoisotopic (exact) mass is 283 g/mol. The molecule has 0 amide bonds. The molecule has 0 fully saturated rings. The van der Waals surface area contributed by atoms with Crippen LogP contribution >= 0.6 is 0 Å². The lowest BCUT2D eigenvalue weighted by molar-refractivity contribution is 0.478. The minimum atomic E-state index is -0.0867. The van der Waals surface area contributed by atoms with E-state index in [0.717, 1.165) is 35.3 Å². The van der Waals surface area contributed by atoms with Crippen LogP contribution in [-0.2, 0) is 13.5 Å². The molecule has 4 heteroatoms. The van der Waals surface area contributed by atoms with E-state index in [9.17, 15) is 0 Å². The van der Waals surface area contributed by atoms with Gasteiger partial charge in [-0.2, -0.15) is 5.10 Å². The van der Waals surface area contributed by atoms with Gasteiger partial charge in [-0.05, 0) is 44.4 Å². The van der Waals surface area contributed by atoms with E-state index in [4.69, 9.17) is 10.2 Å². The van der Waals surface area contributed by atoms with Crippen molar-refractivity contribution >= 4 is 11.0 Å². The van der Waals surface area contributed by atoms with Crippen molar-refractivity contribution in [2.24, 2.45) is 12.8 Å². The average molecular weight is 283 g/mol. The summed E-state index contributed by atoms with van der Waals surface area (Å²) in [6, 6.07) is 9.96. The number of aryl methyl sites for hydroxylation is 2. The second-order valence-corrected chi connectivity index (χ2v) is 5.60. The number of fused-ring (bicyclic) bond motifs is 1. The molecule has 21 heavy (non-hydrogen) atoms. The normalized spacial score (nSPS) is 13.0.